The maximum Gasteiger partial charge on any atom is 0.133 e. The van der Waals surface area contributed by atoms with Gasteiger partial charge >= 0.3 is 0 Å². The summed E-state index contributed by atoms with van der Waals surface area (Å²) in [5.74, 6) is 0. The number of rotatable bonds is 4. The van der Waals surface area contributed by atoms with Crippen molar-refractivity contribution in [3.63, 3.8) is 0 Å². The number of hydrogen-bond acceptors (Lipinski definition) is 2. The van der Waals surface area contributed by atoms with Gasteiger partial charge in [0, 0.05) is 6.54 Å². The van der Waals surface area contributed by atoms with E-state index in [1.165, 1.54) is 5.56 Å². The van der Waals surface area contributed by atoms with E-state index in [-0.39, 0.29) is 0 Å². The molecular formula is C14H25NO. The van der Waals surface area contributed by atoms with E-state index >= 15 is 0 Å². The molecule has 2 heteroatoms. The Balaban J connectivity index is 0. The second kappa shape index (κ2) is 13.8. The first kappa shape index (κ1) is 17.3. The molecule has 1 aromatic rings. The molecule has 0 radical (unpaired) electrons. The Morgan fingerprint density at radius 2 is 1.56 bits per heavy atom. The second-order valence-electron chi connectivity index (χ2n) is 2.85. The number of carbonyl (C=O) groups is 1. The van der Waals surface area contributed by atoms with E-state index in [0.29, 0.717) is 6.54 Å². The van der Waals surface area contributed by atoms with Crippen molar-refractivity contribution < 1.29 is 4.79 Å². The number of hydrogen-bond donors (Lipinski definition) is 0. The van der Waals surface area contributed by atoms with E-state index in [9.17, 15) is 4.79 Å². The molecule has 92 valence electrons. The third-order valence-electron chi connectivity index (χ3n) is 1.68. The van der Waals surface area contributed by atoms with Gasteiger partial charge in [0.2, 0.25) is 0 Å². The van der Waals surface area contributed by atoms with Crippen molar-refractivity contribution in [2.75, 3.05) is 13.6 Å². The molecule has 0 saturated carbocycles. The van der Waals surface area contributed by atoms with Crippen LogP contribution in [0.25, 0.3) is 0 Å². The topological polar surface area (TPSA) is 20.3 Å². The zero-order chi connectivity index (χ0) is 12.8. The quantitative estimate of drug-likeness (QED) is 0.729. The van der Waals surface area contributed by atoms with Crippen molar-refractivity contribution in [2.45, 2.75) is 34.2 Å². The molecule has 0 heterocycles. The van der Waals surface area contributed by atoms with Crippen LogP contribution in [0, 0.1) is 0 Å². The Morgan fingerprint density at radius 1 is 1.06 bits per heavy atom. The molecule has 0 fully saturated rings. The van der Waals surface area contributed by atoms with Gasteiger partial charge in [-0.1, -0.05) is 58.0 Å². The molecule has 0 spiro atoms. The van der Waals surface area contributed by atoms with E-state index < -0.39 is 0 Å². The van der Waals surface area contributed by atoms with Gasteiger partial charge in [-0.15, -0.1) is 0 Å². The zero-order valence-corrected chi connectivity index (χ0v) is 11.2. The van der Waals surface area contributed by atoms with E-state index in [4.69, 9.17) is 0 Å². The Bertz CT molecular complexity index is 234. The van der Waals surface area contributed by atoms with Gasteiger partial charge < -0.3 is 4.79 Å². The molecule has 0 N–H and O–H groups in total. The average molecular weight is 223 g/mol. The predicted octanol–water partition coefficient (Wildman–Crippen LogP) is 3.37. The molecule has 2 nitrogen and oxygen atoms in total. The first-order chi connectivity index (χ1) is 7.83. The first-order valence-corrected chi connectivity index (χ1v) is 5.99. The van der Waals surface area contributed by atoms with E-state index in [2.05, 4.69) is 12.1 Å². The van der Waals surface area contributed by atoms with Crippen LogP contribution in [0.4, 0.5) is 0 Å². The lowest BCUT2D eigenvalue weighted by Gasteiger charge is -2.12. The van der Waals surface area contributed by atoms with Gasteiger partial charge in [0.1, 0.15) is 6.29 Å². The number of aldehydes is 1. The van der Waals surface area contributed by atoms with Gasteiger partial charge in [0.15, 0.2) is 0 Å². The van der Waals surface area contributed by atoms with E-state index in [1.54, 1.807) is 0 Å². The lowest BCUT2D eigenvalue weighted by atomic mass is 10.2. The van der Waals surface area contributed by atoms with Crippen LogP contribution in [0.2, 0.25) is 0 Å². The summed E-state index contributed by atoms with van der Waals surface area (Å²) in [4.78, 5) is 12.1. The minimum Gasteiger partial charge on any atom is -0.302 e. The summed E-state index contributed by atoms with van der Waals surface area (Å²) in [6.45, 7) is 9.33. The van der Waals surface area contributed by atoms with Gasteiger partial charge in [-0.2, -0.15) is 0 Å². The Morgan fingerprint density at radius 3 is 2.00 bits per heavy atom. The highest BCUT2D eigenvalue weighted by atomic mass is 16.1. The summed E-state index contributed by atoms with van der Waals surface area (Å²) in [5, 5.41) is 0. The monoisotopic (exact) mass is 223 g/mol. The van der Waals surface area contributed by atoms with Crippen molar-refractivity contribution in [1.82, 2.24) is 4.90 Å². The van der Waals surface area contributed by atoms with Crippen molar-refractivity contribution in [2.24, 2.45) is 0 Å². The van der Waals surface area contributed by atoms with Crippen LogP contribution >= 0.6 is 0 Å². The molecule has 1 rings (SSSR count). The lowest BCUT2D eigenvalue weighted by Crippen LogP contribution is -2.19. The van der Waals surface area contributed by atoms with E-state index in [0.717, 1.165) is 12.8 Å². The first-order valence-electron chi connectivity index (χ1n) is 5.99. The summed E-state index contributed by atoms with van der Waals surface area (Å²) in [6.07, 6.45) is 0.920. The molecule has 1 aromatic carbocycles. The SMILES string of the molecule is CC.CC.CN(CC=O)Cc1ccccc1. The normalized spacial score (nSPS) is 8.38. The fourth-order valence-corrected chi connectivity index (χ4v) is 1.09. The maximum absolute atomic E-state index is 10.2. The average Bonchev–Trinajstić information content (AvgIpc) is 2.36. The van der Waals surface area contributed by atoms with Crippen LogP contribution in [0.3, 0.4) is 0 Å². The van der Waals surface area contributed by atoms with Crippen molar-refractivity contribution in [1.29, 1.82) is 0 Å². The molecule has 0 aliphatic carbocycles. The largest absolute Gasteiger partial charge is 0.302 e. The van der Waals surface area contributed by atoms with Crippen LogP contribution in [-0.2, 0) is 11.3 Å². The highest BCUT2D eigenvalue weighted by molar-refractivity contribution is 5.51. The summed E-state index contributed by atoms with van der Waals surface area (Å²) in [7, 11) is 1.93. The molecule has 0 atom stereocenters. The van der Waals surface area contributed by atoms with Crippen LogP contribution in [0.15, 0.2) is 30.3 Å². The molecular weight excluding hydrogens is 198 g/mol. The molecule has 16 heavy (non-hydrogen) atoms. The van der Waals surface area contributed by atoms with Crippen molar-refractivity contribution in [3.05, 3.63) is 35.9 Å². The Labute approximate surface area is 100 Å². The third kappa shape index (κ3) is 9.41. The summed E-state index contributed by atoms with van der Waals surface area (Å²) in [6, 6.07) is 10.1. The number of likely N-dealkylation sites (N-methyl/N-ethyl adjacent to an activating group) is 1. The Kier molecular flexibility index (Phi) is 14.9. The summed E-state index contributed by atoms with van der Waals surface area (Å²) >= 11 is 0. The van der Waals surface area contributed by atoms with Gasteiger partial charge in [0.05, 0.1) is 6.54 Å². The van der Waals surface area contributed by atoms with Gasteiger partial charge in [-0.05, 0) is 12.6 Å². The van der Waals surface area contributed by atoms with Crippen LogP contribution in [0.1, 0.15) is 33.3 Å². The predicted molar refractivity (Wildman–Crippen MR) is 71.5 cm³/mol. The summed E-state index contributed by atoms with van der Waals surface area (Å²) < 4.78 is 0. The van der Waals surface area contributed by atoms with Crippen LogP contribution in [-0.4, -0.2) is 24.8 Å². The number of benzene rings is 1. The highest BCUT2D eigenvalue weighted by Gasteiger charge is 1.96. The molecule has 0 bridgehead atoms. The molecule has 0 aliphatic rings. The molecule has 0 aliphatic heterocycles. The molecule has 0 unspecified atom stereocenters. The van der Waals surface area contributed by atoms with Crippen LogP contribution in [0.5, 0.6) is 0 Å². The fourth-order valence-electron chi connectivity index (χ4n) is 1.09. The second-order valence-corrected chi connectivity index (χ2v) is 2.85. The molecule has 0 saturated heterocycles. The fraction of sp³-hybridized carbons (Fsp3) is 0.500. The minimum absolute atomic E-state index is 0.495. The maximum atomic E-state index is 10.2. The number of nitrogens with zero attached hydrogens (tertiary/aromatic N) is 1. The van der Waals surface area contributed by atoms with Crippen LogP contribution < -0.4 is 0 Å². The van der Waals surface area contributed by atoms with E-state index in [1.807, 2.05) is 57.8 Å². The molecule has 0 aromatic heterocycles. The smallest absolute Gasteiger partial charge is 0.133 e. The Hall–Kier alpha value is -1.15. The standard InChI is InChI=1S/C10H13NO.2C2H6/c1-11(7-8-12)9-10-5-3-2-4-6-10;2*1-2/h2-6,8H,7,9H2,1H3;2*1-2H3. The summed E-state index contributed by atoms with van der Waals surface area (Å²) in [5.41, 5.74) is 1.24. The highest BCUT2D eigenvalue weighted by Crippen LogP contribution is 2.00. The molecule has 0 amide bonds. The zero-order valence-electron chi connectivity index (χ0n) is 11.2. The lowest BCUT2D eigenvalue weighted by molar-refractivity contribution is -0.108. The third-order valence-corrected chi connectivity index (χ3v) is 1.68. The number of carbonyl (C=O) groups excluding carboxylic acids is 1. The van der Waals surface area contributed by atoms with Gasteiger partial charge in [-0.25, -0.2) is 0 Å². The van der Waals surface area contributed by atoms with Crippen molar-refractivity contribution >= 4 is 6.29 Å². The minimum atomic E-state index is 0.495. The van der Waals surface area contributed by atoms with Crippen molar-refractivity contribution in [3.8, 4) is 0 Å². The van der Waals surface area contributed by atoms with Gasteiger partial charge in [0.25, 0.3) is 0 Å². The van der Waals surface area contributed by atoms with Gasteiger partial charge in [-0.3, -0.25) is 4.90 Å².